The predicted octanol–water partition coefficient (Wildman–Crippen LogP) is 0.0524. The van der Waals surface area contributed by atoms with Crippen molar-refractivity contribution in [2.24, 2.45) is 0 Å². The summed E-state index contributed by atoms with van der Waals surface area (Å²) in [4.78, 5) is 23.7. The van der Waals surface area contributed by atoms with Crippen molar-refractivity contribution >= 4 is 27.3 Å². The number of hydrogen-bond donors (Lipinski definition) is 3. The van der Waals surface area contributed by atoms with Crippen LogP contribution in [0.5, 0.6) is 0 Å². The Kier molecular flexibility index (Phi) is 4.43. The first-order valence-electron chi connectivity index (χ1n) is 4.83. The van der Waals surface area contributed by atoms with E-state index >= 15 is 0 Å². The Morgan fingerprint density at radius 2 is 2.28 bits per heavy atom. The second-order valence-electron chi connectivity index (χ2n) is 3.46. The third-order valence-corrected chi connectivity index (χ3v) is 5.10. The molecule has 7 nitrogen and oxygen atoms in total. The average Bonchev–Trinajstić information content (AvgIpc) is 2.57. The molecule has 1 aromatic heterocycles. The number of thiazole rings is 1. The van der Waals surface area contributed by atoms with Gasteiger partial charge in [-0.2, -0.15) is 4.72 Å². The molecule has 0 aromatic carbocycles. The maximum atomic E-state index is 11.9. The highest BCUT2D eigenvalue weighted by Gasteiger charge is 2.27. The van der Waals surface area contributed by atoms with E-state index in [4.69, 9.17) is 5.11 Å². The number of aliphatic carboxylic acids is 1. The van der Waals surface area contributed by atoms with Crippen LogP contribution in [0.3, 0.4) is 0 Å². The number of carbonyl (C=O) groups is 1. The second-order valence-corrected chi connectivity index (χ2v) is 6.36. The normalized spacial score (nSPS) is 13.2. The summed E-state index contributed by atoms with van der Waals surface area (Å²) in [5, 5.41) is 8.85. The zero-order valence-corrected chi connectivity index (χ0v) is 11.1. The van der Waals surface area contributed by atoms with E-state index in [1.54, 1.807) is 0 Å². The molecule has 0 saturated heterocycles. The zero-order valence-electron chi connectivity index (χ0n) is 9.47. The number of hydrogen-bond acceptors (Lipinski definition) is 5. The number of nitrogens with one attached hydrogen (secondary N) is 2. The summed E-state index contributed by atoms with van der Waals surface area (Å²) in [6.45, 7) is 4.78. The van der Waals surface area contributed by atoms with E-state index < -0.39 is 26.9 Å². The van der Waals surface area contributed by atoms with Gasteiger partial charge in [-0.25, -0.2) is 8.42 Å². The molecular formula is C9H12N2O5S2. The number of aryl methyl sites for hydroxylation is 1. The van der Waals surface area contributed by atoms with Crippen LogP contribution in [-0.2, 0) is 14.8 Å². The molecule has 1 aromatic rings. The topological polar surface area (TPSA) is 116 Å². The molecule has 18 heavy (non-hydrogen) atoms. The van der Waals surface area contributed by atoms with Gasteiger partial charge in [-0.05, 0) is 13.3 Å². The quantitative estimate of drug-likeness (QED) is 0.641. The minimum Gasteiger partial charge on any atom is -0.480 e. The summed E-state index contributed by atoms with van der Waals surface area (Å²) in [6, 6.07) is -1.30. The van der Waals surface area contributed by atoms with Crippen LogP contribution in [0, 0.1) is 6.92 Å². The zero-order chi connectivity index (χ0) is 13.9. The van der Waals surface area contributed by atoms with Gasteiger partial charge in [0.05, 0.1) is 0 Å². The van der Waals surface area contributed by atoms with Gasteiger partial charge in [0.1, 0.15) is 6.04 Å². The SMILES string of the molecule is C=CCC(NS(=O)(=O)c1sc(=O)[nH]c1C)C(=O)O. The molecule has 0 bridgehead atoms. The van der Waals surface area contributed by atoms with E-state index in [1.807, 2.05) is 4.72 Å². The molecule has 0 fully saturated rings. The van der Waals surface area contributed by atoms with Crippen LogP contribution in [0.2, 0.25) is 0 Å². The first kappa shape index (κ1) is 14.6. The van der Waals surface area contributed by atoms with Gasteiger partial charge in [-0.3, -0.25) is 9.59 Å². The molecule has 0 aliphatic carbocycles. The monoisotopic (exact) mass is 292 g/mol. The van der Waals surface area contributed by atoms with Crippen molar-refractivity contribution in [1.82, 2.24) is 9.71 Å². The Bertz CT molecular complexity index is 613. The van der Waals surface area contributed by atoms with Crippen molar-refractivity contribution < 1.29 is 18.3 Å². The van der Waals surface area contributed by atoms with E-state index in [9.17, 15) is 18.0 Å². The summed E-state index contributed by atoms with van der Waals surface area (Å²) >= 11 is 0.513. The van der Waals surface area contributed by atoms with E-state index in [0.717, 1.165) is 0 Å². The fraction of sp³-hybridized carbons (Fsp3) is 0.333. The van der Waals surface area contributed by atoms with Crippen molar-refractivity contribution in [1.29, 1.82) is 0 Å². The van der Waals surface area contributed by atoms with E-state index in [-0.39, 0.29) is 16.3 Å². The number of H-pyrrole nitrogens is 1. The van der Waals surface area contributed by atoms with Crippen molar-refractivity contribution in [2.75, 3.05) is 0 Å². The second kappa shape index (κ2) is 5.46. The number of carboxylic acid groups (broad SMARTS) is 1. The Morgan fingerprint density at radius 3 is 2.67 bits per heavy atom. The number of rotatable bonds is 6. The summed E-state index contributed by atoms with van der Waals surface area (Å²) in [7, 11) is -4.03. The highest BCUT2D eigenvalue weighted by molar-refractivity contribution is 7.91. The molecule has 1 rings (SSSR count). The van der Waals surface area contributed by atoms with Gasteiger partial charge in [0, 0.05) is 5.69 Å². The standard InChI is InChI=1S/C9H12N2O5S2/c1-3-4-6(7(12)13)11-18(15,16)8-5(2)10-9(14)17-8/h3,6,11H,1,4H2,2H3,(H,10,14)(H,12,13). The molecule has 1 unspecified atom stereocenters. The molecule has 100 valence electrons. The van der Waals surface area contributed by atoms with Crippen LogP contribution in [0.15, 0.2) is 21.7 Å². The lowest BCUT2D eigenvalue weighted by Crippen LogP contribution is -2.40. The molecule has 0 aliphatic heterocycles. The number of carboxylic acids is 1. The van der Waals surface area contributed by atoms with Crippen LogP contribution in [0.4, 0.5) is 0 Å². The molecule has 9 heteroatoms. The lowest BCUT2D eigenvalue weighted by atomic mass is 10.2. The fourth-order valence-electron chi connectivity index (χ4n) is 1.25. The summed E-state index contributed by atoms with van der Waals surface area (Å²) in [5.74, 6) is -1.31. The van der Waals surface area contributed by atoms with Gasteiger partial charge in [0.25, 0.3) is 10.0 Å². The lowest BCUT2D eigenvalue weighted by molar-refractivity contribution is -0.138. The van der Waals surface area contributed by atoms with Crippen molar-refractivity contribution in [3.05, 3.63) is 28.0 Å². The van der Waals surface area contributed by atoms with Gasteiger partial charge in [-0.1, -0.05) is 17.4 Å². The predicted molar refractivity (Wildman–Crippen MR) is 66.2 cm³/mol. The first-order valence-corrected chi connectivity index (χ1v) is 7.13. The van der Waals surface area contributed by atoms with Crippen LogP contribution < -0.4 is 9.60 Å². The van der Waals surface area contributed by atoms with Crippen LogP contribution in [0.1, 0.15) is 12.1 Å². The largest absolute Gasteiger partial charge is 0.480 e. The number of aromatic amines is 1. The minimum atomic E-state index is -4.03. The number of sulfonamides is 1. The maximum Gasteiger partial charge on any atom is 0.322 e. The van der Waals surface area contributed by atoms with Gasteiger partial charge >= 0.3 is 10.8 Å². The van der Waals surface area contributed by atoms with E-state index in [0.29, 0.717) is 11.3 Å². The molecule has 0 amide bonds. The van der Waals surface area contributed by atoms with E-state index in [2.05, 4.69) is 11.6 Å². The molecule has 0 aliphatic rings. The van der Waals surface area contributed by atoms with Gasteiger partial charge in [0.15, 0.2) is 4.21 Å². The maximum absolute atomic E-state index is 11.9. The summed E-state index contributed by atoms with van der Waals surface area (Å²) < 4.78 is 25.6. The van der Waals surface area contributed by atoms with E-state index in [1.165, 1.54) is 13.0 Å². The minimum absolute atomic E-state index is 0.0487. The Morgan fingerprint density at radius 1 is 1.67 bits per heavy atom. The molecule has 1 atom stereocenters. The molecule has 1 heterocycles. The van der Waals surface area contributed by atoms with Crippen molar-refractivity contribution in [3.63, 3.8) is 0 Å². The van der Waals surface area contributed by atoms with Crippen LogP contribution in [0.25, 0.3) is 0 Å². The summed E-state index contributed by atoms with van der Waals surface area (Å²) in [6.07, 6.45) is 1.25. The highest BCUT2D eigenvalue weighted by atomic mass is 32.2. The Balaban J connectivity index is 3.07. The lowest BCUT2D eigenvalue weighted by Gasteiger charge is -2.12. The summed E-state index contributed by atoms with van der Waals surface area (Å²) in [5.41, 5.74) is 0.181. The Hall–Kier alpha value is -1.45. The van der Waals surface area contributed by atoms with Crippen LogP contribution in [-0.4, -0.2) is 30.5 Å². The molecule has 0 spiro atoms. The molecule has 0 radical (unpaired) electrons. The molecular weight excluding hydrogens is 280 g/mol. The first-order chi connectivity index (χ1) is 8.27. The van der Waals surface area contributed by atoms with Crippen molar-refractivity contribution in [3.8, 4) is 0 Å². The Labute approximate surface area is 107 Å². The van der Waals surface area contributed by atoms with Gasteiger partial charge < -0.3 is 10.1 Å². The number of aromatic nitrogens is 1. The van der Waals surface area contributed by atoms with Gasteiger partial charge in [0.2, 0.25) is 0 Å². The third kappa shape index (κ3) is 3.28. The van der Waals surface area contributed by atoms with Crippen LogP contribution >= 0.6 is 11.3 Å². The fourth-order valence-corrected chi connectivity index (χ4v) is 3.77. The molecule has 0 saturated carbocycles. The smallest absolute Gasteiger partial charge is 0.322 e. The molecule has 3 N–H and O–H groups in total. The third-order valence-electron chi connectivity index (χ3n) is 2.02. The van der Waals surface area contributed by atoms with Crippen molar-refractivity contribution in [2.45, 2.75) is 23.6 Å². The average molecular weight is 292 g/mol. The highest BCUT2D eigenvalue weighted by Crippen LogP contribution is 2.16. The van der Waals surface area contributed by atoms with Gasteiger partial charge in [-0.15, -0.1) is 6.58 Å².